The van der Waals surface area contributed by atoms with Crippen LogP contribution in [0.15, 0.2) is 24.3 Å². The monoisotopic (exact) mass is 645 g/mol. The van der Waals surface area contributed by atoms with E-state index in [1.807, 2.05) is 0 Å². The van der Waals surface area contributed by atoms with Gasteiger partial charge in [0.15, 0.2) is 0 Å². The smallest absolute Gasteiger partial charge is 0.457 e. The van der Waals surface area contributed by atoms with Crippen molar-refractivity contribution < 1.29 is 32.8 Å². The number of phosphoric ester groups is 1. The standard InChI is InChI=1S/C35H68NO7P/c1-3-5-7-9-11-13-14-15-16-17-18-19-20-22-24-26-28-35(37)43-34(33-42-44(38,39)41-31-29-36)32-40-30-27-25-23-21-12-10-8-6-4-2/h13-14,16-17,34H,3-12,15,18-33,36H2,1-2H3,(H,38,39)/b14-13-,17-16-. The Morgan fingerprint density at radius 1 is 0.682 bits per heavy atom. The third-order valence-electron chi connectivity index (χ3n) is 7.37. The summed E-state index contributed by atoms with van der Waals surface area (Å²) in [6.07, 6.45) is 33.3. The number of carbonyl (C=O) groups is 1. The highest BCUT2D eigenvalue weighted by molar-refractivity contribution is 7.47. The molecule has 3 N–H and O–H groups in total. The zero-order valence-electron chi connectivity index (χ0n) is 28.4. The fourth-order valence-corrected chi connectivity index (χ4v) is 5.50. The summed E-state index contributed by atoms with van der Waals surface area (Å²) in [7, 11) is -4.26. The highest BCUT2D eigenvalue weighted by Gasteiger charge is 2.25. The first-order valence-corrected chi connectivity index (χ1v) is 19.3. The molecule has 0 saturated heterocycles. The van der Waals surface area contributed by atoms with E-state index in [-0.39, 0.29) is 32.3 Å². The second-order valence-corrected chi connectivity index (χ2v) is 13.2. The molecule has 0 saturated carbocycles. The highest BCUT2D eigenvalue weighted by atomic mass is 31.2. The van der Waals surface area contributed by atoms with E-state index in [4.69, 9.17) is 24.3 Å². The van der Waals surface area contributed by atoms with E-state index in [0.29, 0.717) is 13.0 Å². The SMILES string of the molecule is CCCCCC/C=C\C/C=C\CCCCCCCC(=O)OC(COCCCCCCCCCCC)COP(=O)(O)OCCN. The summed E-state index contributed by atoms with van der Waals surface area (Å²) in [6, 6.07) is 0. The van der Waals surface area contributed by atoms with Crippen LogP contribution in [-0.2, 0) is 27.9 Å². The van der Waals surface area contributed by atoms with E-state index >= 15 is 0 Å². The summed E-state index contributed by atoms with van der Waals surface area (Å²) in [6.45, 7) is 4.86. The number of allylic oxidation sites excluding steroid dienone is 4. The Balaban J connectivity index is 4.12. The van der Waals surface area contributed by atoms with Crippen molar-refractivity contribution in [2.75, 3.05) is 33.0 Å². The molecule has 0 aromatic rings. The van der Waals surface area contributed by atoms with Gasteiger partial charge in [0, 0.05) is 19.6 Å². The molecule has 0 aromatic carbocycles. The fraction of sp³-hybridized carbons (Fsp3) is 0.857. The predicted octanol–water partition coefficient (Wildman–Crippen LogP) is 9.74. The zero-order valence-corrected chi connectivity index (χ0v) is 29.3. The van der Waals surface area contributed by atoms with Crippen molar-refractivity contribution in [2.24, 2.45) is 5.73 Å². The first-order chi connectivity index (χ1) is 21.4. The summed E-state index contributed by atoms with van der Waals surface area (Å²) in [5.41, 5.74) is 5.34. The average Bonchev–Trinajstić information content (AvgIpc) is 3.01. The molecule has 2 atom stereocenters. The molecule has 2 unspecified atom stereocenters. The summed E-state index contributed by atoms with van der Waals surface area (Å²) in [5.74, 6) is -0.345. The Morgan fingerprint density at radius 3 is 1.80 bits per heavy atom. The van der Waals surface area contributed by atoms with Crippen LogP contribution in [0.4, 0.5) is 0 Å². The van der Waals surface area contributed by atoms with Gasteiger partial charge in [-0.05, 0) is 44.9 Å². The van der Waals surface area contributed by atoms with Crippen LogP contribution in [0.25, 0.3) is 0 Å². The van der Waals surface area contributed by atoms with E-state index < -0.39 is 13.9 Å². The fourth-order valence-electron chi connectivity index (χ4n) is 4.73. The number of unbranched alkanes of at least 4 members (excludes halogenated alkanes) is 17. The summed E-state index contributed by atoms with van der Waals surface area (Å²) in [5, 5.41) is 0. The summed E-state index contributed by atoms with van der Waals surface area (Å²) >= 11 is 0. The van der Waals surface area contributed by atoms with Gasteiger partial charge < -0.3 is 20.1 Å². The van der Waals surface area contributed by atoms with Crippen LogP contribution in [0.5, 0.6) is 0 Å². The van der Waals surface area contributed by atoms with Gasteiger partial charge in [-0.25, -0.2) is 4.57 Å². The highest BCUT2D eigenvalue weighted by Crippen LogP contribution is 2.43. The lowest BCUT2D eigenvalue weighted by atomic mass is 10.1. The number of carbonyl (C=O) groups excluding carboxylic acids is 1. The van der Waals surface area contributed by atoms with E-state index in [2.05, 4.69) is 38.2 Å². The topological polar surface area (TPSA) is 117 Å². The zero-order chi connectivity index (χ0) is 32.4. The molecule has 0 spiro atoms. The van der Waals surface area contributed by atoms with Crippen molar-refractivity contribution in [1.29, 1.82) is 0 Å². The van der Waals surface area contributed by atoms with E-state index in [1.165, 1.54) is 77.0 Å². The van der Waals surface area contributed by atoms with E-state index in [0.717, 1.165) is 57.8 Å². The second kappa shape index (κ2) is 33.3. The lowest BCUT2D eigenvalue weighted by Gasteiger charge is -2.20. The molecule has 0 rings (SSSR count). The molecule has 0 bridgehead atoms. The van der Waals surface area contributed by atoms with Gasteiger partial charge in [-0.1, -0.05) is 128 Å². The van der Waals surface area contributed by atoms with Gasteiger partial charge in [0.1, 0.15) is 6.10 Å². The minimum absolute atomic E-state index is 0.0970. The van der Waals surface area contributed by atoms with Gasteiger partial charge in [-0.2, -0.15) is 0 Å². The van der Waals surface area contributed by atoms with Gasteiger partial charge in [0.05, 0.1) is 19.8 Å². The lowest BCUT2D eigenvalue weighted by Crippen LogP contribution is -2.28. The predicted molar refractivity (Wildman–Crippen MR) is 183 cm³/mol. The third kappa shape index (κ3) is 32.4. The molecule has 0 fully saturated rings. The van der Waals surface area contributed by atoms with Gasteiger partial charge in [-0.15, -0.1) is 0 Å². The van der Waals surface area contributed by atoms with Crippen molar-refractivity contribution in [1.82, 2.24) is 0 Å². The van der Waals surface area contributed by atoms with Crippen molar-refractivity contribution in [2.45, 2.75) is 161 Å². The molecule has 0 heterocycles. The molecule has 8 nitrogen and oxygen atoms in total. The Labute approximate surface area is 270 Å². The number of esters is 1. The Morgan fingerprint density at radius 2 is 1.20 bits per heavy atom. The number of nitrogens with two attached hydrogens (primary N) is 1. The maximum absolute atomic E-state index is 12.5. The molecular formula is C35H68NO7P. The van der Waals surface area contributed by atoms with Crippen LogP contribution < -0.4 is 5.73 Å². The molecule has 44 heavy (non-hydrogen) atoms. The molecule has 0 aliphatic heterocycles. The van der Waals surface area contributed by atoms with Crippen molar-refractivity contribution in [3.63, 3.8) is 0 Å². The second-order valence-electron chi connectivity index (χ2n) is 11.7. The quantitative estimate of drug-likeness (QED) is 0.0307. The van der Waals surface area contributed by atoms with Crippen LogP contribution in [-0.4, -0.2) is 49.9 Å². The van der Waals surface area contributed by atoms with Crippen LogP contribution in [0, 0.1) is 0 Å². The van der Waals surface area contributed by atoms with Crippen molar-refractivity contribution in [3.05, 3.63) is 24.3 Å². The number of hydrogen-bond donors (Lipinski definition) is 2. The molecule has 0 aliphatic rings. The van der Waals surface area contributed by atoms with Crippen LogP contribution in [0.3, 0.4) is 0 Å². The number of rotatable bonds is 34. The minimum atomic E-state index is -4.26. The molecule has 0 amide bonds. The Hall–Kier alpha value is -1.02. The lowest BCUT2D eigenvalue weighted by molar-refractivity contribution is -0.154. The average molecular weight is 646 g/mol. The van der Waals surface area contributed by atoms with Gasteiger partial charge in [0.25, 0.3) is 0 Å². The summed E-state index contributed by atoms with van der Waals surface area (Å²) < 4.78 is 33.1. The largest absolute Gasteiger partial charge is 0.472 e. The molecule has 0 aliphatic carbocycles. The van der Waals surface area contributed by atoms with E-state index in [1.54, 1.807) is 0 Å². The Bertz CT molecular complexity index is 732. The van der Waals surface area contributed by atoms with Crippen LogP contribution in [0.2, 0.25) is 0 Å². The molecule has 0 radical (unpaired) electrons. The first kappa shape index (κ1) is 43.0. The molecule has 260 valence electrons. The molecule has 9 heteroatoms. The Kier molecular flexibility index (Phi) is 32.6. The minimum Gasteiger partial charge on any atom is -0.457 e. The van der Waals surface area contributed by atoms with Gasteiger partial charge in [0.2, 0.25) is 0 Å². The third-order valence-corrected chi connectivity index (χ3v) is 8.36. The van der Waals surface area contributed by atoms with Crippen molar-refractivity contribution >= 4 is 13.8 Å². The maximum atomic E-state index is 12.5. The maximum Gasteiger partial charge on any atom is 0.472 e. The first-order valence-electron chi connectivity index (χ1n) is 17.8. The van der Waals surface area contributed by atoms with E-state index in [9.17, 15) is 14.3 Å². The number of ether oxygens (including phenoxy) is 2. The van der Waals surface area contributed by atoms with Crippen molar-refractivity contribution in [3.8, 4) is 0 Å². The molecule has 0 aromatic heterocycles. The number of hydrogen-bond acceptors (Lipinski definition) is 7. The van der Waals surface area contributed by atoms with Gasteiger partial charge >= 0.3 is 13.8 Å². The van der Waals surface area contributed by atoms with Crippen LogP contribution in [0.1, 0.15) is 155 Å². The van der Waals surface area contributed by atoms with Crippen LogP contribution >= 0.6 is 7.82 Å². The molecular weight excluding hydrogens is 577 g/mol. The van der Waals surface area contributed by atoms with Gasteiger partial charge in [-0.3, -0.25) is 13.8 Å². The summed E-state index contributed by atoms with van der Waals surface area (Å²) in [4.78, 5) is 22.3. The number of phosphoric acid groups is 1. The normalized spacial score (nSPS) is 14.0.